The highest BCUT2D eigenvalue weighted by molar-refractivity contribution is 9.10. The molecular formula is C15H15BrN2O2. The largest absolute Gasteiger partial charge is 0.493 e. The van der Waals surface area contributed by atoms with Crippen molar-refractivity contribution in [3.8, 4) is 5.75 Å². The maximum atomic E-state index is 10.3. The van der Waals surface area contributed by atoms with Gasteiger partial charge < -0.3 is 9.84 Å². The zero-order chi connectivity index (χ0) is 14.1. The van der Waals surface area contributed by atoms with Crippen LogP contribution in [0.25, 0.3) is 0 Å². The van der Waals surface area contributed by atoms with E-state index in [1.807, 2.05) is 13.0 Å². The van der Waals surface area contributed by atoms with Gasteiger partial charge in [-0.15, -0.1) is 0 Å². The molecule has 20 heavy (non-hydrogen) atoms. The van der Waals surface area contributed by atoms with E-state index < -0.39 is 6.10 Å². The Kier molecular flexibility index (Phi) is 3.72. The molecule has 0 saturated carbocycles. The Bertz CT molecular complexity index is 629. The van der Waals surface area contributed by atoms with Crippen LogP contribution in [0.4, 0.5) is 0 Å². The minimum atomic E-state index is -0.724. The van der Waals surface area contributed by atoms with E-state index in [1.165, 1.54) is 5.56 Å². The molecule has 1 atom stereocenters. The number of rotatable bonds is 3. The Hall–Kier alpha value is -1.46. The van der Waals surface area contributed by atoms with Crippen molar-refractivity contribution in [2.24, 2.45) is 0 Å². The van der Waals surface area contributed by atoms with Crippen LogP contribution in [-0.2, 0) is 12.8 Å². The van der Waals surface area contributed by atoms with E-state index >= 15 is 0 Å². The molecule has 1 aliphatic heterocycles. The first-order valence-electron chi connectivity index (χ1n) is 6.54. The summed E-state index contributed by atoms with van der Waals surface area (Å²) >= 11 is 3.50. The lowest BCUT2D eigenvalue weighted by atomic mass is 10.0. The first-order chi connectivity index (χ1) is 9.63. The second kappa shape index (κ2) is 5.50. The summed E-state index contributed by atoms with van der Waals surface area (Å²) in [6.45, 7) is 2.63. The third-order valence-corrected chi connectivity index (χ3v) is 3.80. The highest BCUT2D eigenvalue weighted by Gasteiger charge is 2.21. The molecule has 0 radical (unpaired) electrons. The lowest BCUT2D eigenvalue weighted by Gasteiger charge is -2.13. The molecule has 104 valence electrons. The van der Waals surface area contributed by atoms with Crippen LogP contribution in [0.15, 0.2) is 29.0 Å². The molecule has 0 spiro atoms. The summed E-state index contributed by atoms with van der Waals surface area (Å²) in [5, 5.41) is 10.3. The molecule has 0 saturated heterocycles. The molecule has 1 aromatic carbocycles. The van der Waals surface area contributed by atoms with Gasteiger partial charge >= 0.3 is 0 Å². The standard InChI is InChI=1S/C15H15BrN2O2/c1-9-7-17-15(18-8-9)13(19)6-11-5-12(16)4-10-2-3-20-14(10)11/h4-5,7-8,13,19H,2-3,6H2,1H3. The van der Waals surface area contributed by atoms with Gasteiger partial charge in [-0.2, -0.15) is 0 Å². The maximum Gasteiger partial charge on any atom is 0.157 e. The minimum absolute atomic E-state index is 0.447. The lowest BCUT2D eigenvalue weighted by molar-refractivity contribution is 0.167. The van der Waals surface area contributed by atoms with Gasteiger partial charge in [-0.25, -0.2) is 9.97 Å². The van der Waals surface area contributed by atoms with E-state index in [0.717, 1.165) is 27.8 Å². The van der Waals surface area contributed by atoms with Crippen molar-refractivity contribution in [2.45, 2.75) is 25.9 Å². The van der Waals surface area contributed by atoms with Gasteiger partial charge in [0.25, 0.3) is 0 Å². The highest BCUT2D eigenvalue weighted by atomic mass is 79.9. The molecule has 1 N–H and O–H groups in total. The fourth-order valence-corrected chi connectivity index (χ4v) is 2.92. The molecular weight excluding hydrogens is 320 g/mol. The van der Waals surface area contributed by atoms with Crippen molar-refractivity contribution in [3.63, 3.8) is 0 Å². The van der Waals surface area contributed by atoms with E-state index in [1.54, 1.807) is 12.4 Å². The van der Waals surface area contributed by atoms with E-state index in [0.29, 0.717) is 18.9 Å². The quantitative estimate of drug-likeness (QED) is 0.937. The fourth-order valence-electron chi connectivity index (χ4n) is 2.37. The van der Waals surface area contributed by atoms with Gasteiger partial charge in [0.2, 0.25) is 0 Å². The van der Waals surface area contributed by atoms with Gasteiger partial charge in [-0.1, -0.05) is 15.9 Å². The maximum absolute atomic E-state index is 10.3. The number of aliphatic hydroxyl groups excluding tert-OH is 1. The van der Waals surface area contributed by atoms with Gasteiger partial charge in [0.1, 0.15) is 11.9 Å². The number of aryl methyl sites for hydroxylation is 1. The third-order valence-electron chi connectivity index (χ3n) is 3.34. The number of nitrogens with zero attached hydrogens (tertiary/aromatic N) is 2. The Balaban J connectivity index is 1.86. The summed E-state index contributed by atoms with van der Waals surface area (Å²) in [5.41, 5.74) is 3.16. The zero-order valence-electron chi connectivity index (χ0n) is 11.1. The summed E-state index contributed by atoms with van der Waals surface area (Å²) in [5.74, 6) is 1.35. The van der Waals surface area contributed by atoms with E-state index in [2.05, 4.69) is 32.0 Å². The zero-order valence-corrected chi connectivity index (χ0v) is 12.7. The average Bonchev–Trinajstić information content (AvgIpc) is 2.87. The van der Waals surface area contributed by atoms with Gasteiger partial charge in [0, 0.05) is 29.7 Å². The first kappa shape index (κ1) is 13.5. The molecule has 5 heteroatoms. The predicted molar refractivity (Wildman–Crippen MR) is 78.8 cm³/mol. The van der Waals surface area contributed by atoms with E-state index in [-0.39, 0.29) is 0 Å². The van der Waals surface area contributed by atoms with Crippen LogP contribution in [-0.4, -0.2) is 21.7 Å². The van der Waals surface area contributed by atoms with Crippen LogP contribution in [0.2, 0.25) is 0 Å². The molecule has 2 heterocycles. The number of ether oxygens (including phenoxy) is 1. The van der Waals surface area contributed by atoms with Crippen molar-refractivity contribution in [3.05, 3.63) is 51.5 Å². The number of fused-ring (bicyclic) bond motifs is 1. The van der Waals surface area contributed by atoms with E-state index in [4.69, 9.17) is 4.74 Å². The molecule has 3 rings (SSSR count). The molecule has 0 aliphatic carbocycles. The Morgan fingerprint density at radius 2 is 2.10 bits per heavy atom. The van der Waals surface area contributed by atoms with Crippen LogP contribution in [0, 0.1) is 6.92 Å². The monoisotopic (exact) mass is 334 g/mol. The lowest BCUT2D eigenvalue weighted by Crippen LogP contribution is -2.07. The van der Waals surface area contributed by atoms with Gasteiger partial charge in [0.15, 0.2) is 5.82 Å². The number of halogens is 1. The smallest absolute Gasteiger partial charge is 0.157 e. The minimum Gasteiger partial charge on any atom is -0.493 e. The van der Waals surface area contributed by atoms with Crippen LogP contribution >= 0.6 is 15.9 Å². The summed E-state index contributed by atoms with van der Waals surface area (Å²) < 4.78 is 6.68. The van der Waals surface area contributed by atoms with Crippen molar-refractivity contribution in [1.82, 2.24) is 9.97 Å². The second-order valence-electron chi connectivity index (χ2n) is 4.99. The number of benzene rings is 1. The molecule has 0 bridgehead atoms. The number of aliphatic hydroxyl groups is 1. The van der Waals surface area contributed by atoms with Crippen molar-refractivity contribution in [1.29, 1.82) is 0 Å². The van der Waals surface area contributed by atoms with E-state index in [9.17, 15) is 5.11 Å². The molecule has 0 amide bonds. The fraction of sp³-hybridized carbons (Fsp3) is 0.333. The number of aromatic nitrogens is 2. The summed E-state index contributed by atoms with van der Waals surface area (Å²) in [6, 6.07) is 4.06. The van der Waals surface area contributed by atoms with Gasteiger partial charge in [0.05, 0.1) is 6.61 Å². The van der Waals surface area contributed by atoms with Crippen LogP contribution in [0.1, 0.15) is 28.6 Å². The molecule has 2 aromatic rings. The Labute approximate surface area is 126 Å². The van der Waals surface area contributed by atoms with Crippen molar-refractivity contribution < 1.29 is 9.84 Å². The normalized spacial score (nSPS) is 14.8. The molecule has 1 unspecified atom stereocenters. The first-order valence-corrected chi connectivity index (χ1v) is 7.33. The van der Waals surface area contributed by atoms with Crippen molar-refractivity contribution >= 4 is 15.9 Å². The molecule has 1 aromatic heterocycles. The highest BCUT2D eigenvalue weighted by Crippen LogP contribution is 2.35. The topological polar surface area (TPSA) is 55.2 Å². The van der Waals surface area contributed by atoms with Crippen LogP contribution < -0.4 is 4.74 Å². The summed E-state index contributed by atoms with van der Waals surface area (Å²) in [6.07, 6.45) is 4.07. The Morgan fingerprint density at radius 3 is 2.85 bits per heavy atom. The van der Waals surface area contributed by atoms with Crippen molar-refractivity contribution in [2.75, 3.05) is 6.61 Å². The predicted octanol–water partition coefficient (Wildman–Crippen LogP) is 2.76. The number of hydrogen-bond donors (Lipinski definition) is 1. The molecule has 1 aliphatic rings. The van der Waals surface area contributed by atoms with Crippen LogP contribution in [0.3, 0.4) is 0 Å². The summed E-state index contributed by atoms with van der Waals surface area (Å²) in [7, 11) is 0. The molecule has 4 nitrogen and oxygen atoms in total. The van der Waals surface area contributed by atoms with Gasteiger partial charge in [-0.3, -0.25) is 0 Å². The Morgan fingerprint density at radius 1 is 1.35 bits per heavy atom. The second-order valence-corrected chi connectivity index (χ2v) is 5.91. The molecule has 0 fully saturated rings. The number of hydrogen-bond acceptors (Lipinski definition) is 4. The van der Waals surface area contributed by atoms with Gasteiger partial charge in [-0.05, 0) is 35.7 Å². The summed E-state index contributed by atoms with van der Waals surface area (Å²) in [4.78, 5) is 8.35. The SMILES string of the molecule is Cc1cnc(C(O)Cc2cc(Br)cc3c2OCC3)nc1. The van der Waals surface area contributed by atoms with Crippen LogP contribution in [0.5, 0.6) is 5.75 Å². The average molecular weight is 335 g/mol. The third kappa shape index (κ3) is 2.69.